The highest BCUT2D eigenvalue weighted by Gasteiger charge is 2.72. The van der Waals surface area contributed by atoms with E-state index in [4.69, 9.17) is 26.5 Å². The largest absolute Gasteiger partial charge is 0.726 e. The maximum atomic E-state index is 13.6. The summed E-state index contributed by atoms with van der Waals surface area (Å²) in [4.78, 5) is 39.7. The molecule has 0 spiro atoms. The molecule has 1 aliphatic heterocycles. The average molecular weight is 462 g/mol. The van der Waals surface area contributed by atoms with Gasteiger partial charge in [0.05, 0.1) is 12.7 Å². The van der Waals surface area contributed by atoms with Crippen LogP contribution in [0.2, 0.25) is 39.3 Å². The number of imide groups is 1. The van der Waals surface area contributed by atoms with E-state index < -0.39 is 61.9 Å². The molecule has 0 bridgehead atoms. The molecule has 1 rings (SSSR count). The molecule has 0 N–H and O–H groups in total. The van der Waals surface area contributed by atoms with Crippen LogP contribution in [0.5, 0.6) is 0 Å². The van der Waals surface area contributed by atoms with Crippen molar-refractivity contribution in [2.24, 2.45) is 5.92 Å². The Balaban J connectivity index is 3.48. The van der Waals surface area contributed by atoms with Gasteiger partial charge in [-0.3, -0.25) is 0 Å². The first-order valence-corrected chi connectivity index (χ1v) is 17.3. The lowest BCUT2D eigenvalue weighted by molar-refractivity contribution is -0.837. The van der Waals surface area contributed by atoms with E-state index in [-0.39, 0.29) is 13.2 Å². The van der Waals surface area contributed by atoms with Gasteiger partial charge in [-0.05, 0) is 33.5 Å². The second kappa shape index (κ2) is 9.46. The smallest absolute Gasteiger partial charge is 0.522 e. The van der Waals surface area contributed by atoms with Gasteiger partial charge in [0.2, 0.25) is 0 Å². The first-order chi connectivity index (χ1) is 13.2. The molecule has 7 nitrogen and oxygen atoms in total. The predicted octanol–water partition coefficient (Wildman–Crippen LogP) is 3.20. The molecular weight excluding hydrogens is 426 g/mol. The van der Waals surface area contributed by atoms with Crippen LogP contribution in [0.25, 0.3) is 0 Å². The van der Waals surface area contributed by atoms with Crippen LogP contribution >= 0.6 is 0 Å². The van der Waals surface area contributed by atoms with Crippen LogP contribution in [0.3, 0.4) is 0 Å². The molecule has 2 amide bonds. The number of ether oxygens (including phenoxy) is 2. The summed E-state index contributed by atoms with van der Waals surface area (Å²) in [5, 5.41) is -0.868. The van der Waals surface area contributed by atoms with Crippen molar-refractivity contribution in [1.82, 2.24) is 0 Å². The minimum atomic E-state index is -2.44. The Morgan fingerprint density at radius 1 is 1.21 bits per heavy atom. The van der Waals surface area contributed by atoms with Crippen molar-refractivity contribution in [2.75, 3.05) is 13.2 Å². The van der Waals surface area contributed by atoms with Gasteiger partial charge in [0.15, 0.2) is 14.0 Å². The molecule has 1 aliphatic rings. The van der Waals surface area contributed by atoms with Crippen LogP contribution in [0.4, 0.5) is 4.79 Å². The topological polar surface area (TPSA) is 78.9 Å². The fourth-order valence-electron chi connectivity index (χ4n) is 3.89. The lowest BCUT2D eigenvalue weighted by atomic mass is 9.89. The average Bonchev–Trinajstić information content (AvgIpc) is 2.54. The van der Waals surface area contributed by atoms with Crippen molar-refractivity contribution < 1.29 is 32.8 Å². The first kappa shape index (κ1) is 26.1. The van der Waals surface area contributed by atoms with E-state index >= 15 is 0 Å². The molecule has 5 atom stereocenters. The molecule has 166 valence electrons. The number of amides is 2. The van der Waals surface area contributed by atoms with Crippen molar-refractivity contribution in [1.29, 1.82) is 0 Å². The fourth-order valence-corrected chi connectivity index (χ4v) is 8.32. The maximum absolute atomic E-state index is 13.6. The quantitative estimate of drug-likeness (QED) is 0.130. The van der Waals surface area contributed by atoms with Crippen LogP contribution in [-0.2, 0) is 36.1 Å². The highest BCUT2D eigenvalue weighted by molar-refractivity contribution is 7.59. The van der Waals surface area contributed by atoms with E-state index in [1.165, 1.54) is 6.08 Å². The summed E-state index contributed by atoms with van der Waals surface area (Å²) in [5.74, 6) is -1.67. The lowest BCUT2D eigenvalue weighted by Crippen LogP contribution is -2.86. The van der Waals surface area contributed by atoms with Gasteiger partial charge in [0, 0.05) is 5.37 Å². The Hall–Kier alpha value is -0.946. The molecule has 0 aromatic rings. The molecule has 1 heterocycles. The van der Waals surface area contributed by atoms with Crippen LogP contribution < -0.4 is 0 Å². The summed E-state index contributed by atoms with van der Waals surface area (Å²) in [5.41, 5.74) is -0.981. The molecule has 0 saturated carbocycles. The zero-order valence-electron chi connectivity index (χ0n) is 18.8. The number of carbonyl (C=O) groups excluding carboxylic acids is 3. The lowest BCUT2D eigenvalue weighted by Gasteiger charge is -2.60. The molecule has 1 fully saturated rings. The molecule has 0 aliphatic carbocycles. The minimum absolute atomic E-state index is 0.0684. The predicted molar refractivity (Wildman–Crippen MR) is 119 cm³/mol. The zero-order chi connectivity index (χ0) is 22.8. The summed E-state index contributed by atoms with van der Waals surface area (Å²) in [7, 11) is -4.37. The molecule has 3 unspecified atom stereocenters. The monoisotopic (exact) mass is 461 g/mol. The standard InChI is InChI=1S/C19H35NO6SSi2/c1-10-12-25-19(23)20(17(28(4,5)6)18(22)24-11-2)15(21)14(16(20)27)13(3)26-29(7,8)9/h10,13-14,16-17H,1,11-12H2,2-9H3/t13?,14-,16+,17?,20?/m0/s1. The number of hydrogen-bond acceptors (Lipinski definition) is 7. The molecule has 0 aromatic carbocycles. The van der Waals surface area contributed by atoms with Crippen molar-refractivity contribution in [3.05, 3.63) is 12.7 Å². The zero-order valence-corrected chi connectivity index (χ0v) is 21.6. The molecule has 0 radical (unpaired) electrons. The van der Waals surface area contributed by atoms with Gasteiger partial charge >= 0.3 is 18.0 Å². The van der Waals surface area contributed by atoms with E-state index in [0.29, 0.717) is 0 Å². The van der Waals surface area contributed by atoms with Gasteiger partial charge in [-0.15, -0.1) is 0 Å². The number of likely N-dealkylation sites (tertiary alicyclic amines) is 1. The Kier molecular flexibility index (Phi) is 8.51. The highest BCUT2D eigenvalue weighted by atomic mass is 32.1. The van der Waals surface area contributed by atoms with Crippen LogP contribution in [0.15, 0.2) is 12.7 Å². The Labute approximate surface area is 181 Å². The Bertz CT molecular complexity index is 660. The summed E-state index contributed by atoms with van der Waals surface area (Å²) in [6, 6.07) is 0. The Morgan fingerprint density at radius 3 is 2.14 bits per heavy atom. The van der Waals surface area contributed by atoms with E-state index in [0.717, 1.165) is 0 Å². The minimum Gasteiger partial charge on any atom is -0.726 e. The van der Waals surface area contributed by atoms with Crippen LogP contribution in [-0.4, -0.2) is 69.2 Å². The molecule has 29 heavy (non-hydrogen) atoms. The van der Waals surface area contributed by atoms with Crippen LogP contribution in [0.1, 0.15) is 13.8 Å². The third kappa shape index (κ3) is 5.22. The number of quaternary nitrogens is 1. The first-order valence-electron chi connectivity index (χ1n) is 9.87. The van der Waals surface area contributed by atoms with Gasteiger partial charge in [-0.2, -0.15) is 9.28 Å². The number of nitrogens with zero attached hydrogens (tertiary/aromatic N) is 1. The van der Waals surface area contributed by atoms with Gasteiger partial charge in [0.25, 0.3) is 0 Å². The van der Waals surface area contributed by atoms with E-state index in [1.54, 1.807) is 13.8 Å². The van der Waals surface area contributed by atoms with E-state index in [2.05, 4.69) is 6.58 Å². The van der Waals surface area contributed by atoms with Gasteiger partial charge in [0.1, 0.15) is 20.6 Å². The summed E-state index contributed by atoms with van der Waals surface area (Å²) in [6.45, 7) is 18.9. The van der Waals surface area contributed by atoms with E-state index in [9.17, 15) is 14.4 Å². The van der Waals surface area contributed by atoms with Gasteiger partial charge in [-0.1, -0.05) is 32.3 Å². The van der Waals surface area contributed by atoms with Crippen molar-refractivity contribution in [2.45, 2.75) is 70.3 Å². The maximum Gasteiger partial charge on any atom is 0.522 e. The second-order valence-corrected chi connectivity index (χ2v) is 19.6. The second-order valence-electron chi connectivity index (χ2n) is 9.35. The van der Waals surface area contributed by atoms with Crippen molar-refractivity contribution >= 4 is 47.0 Å². The van der Waals surface area contributed by atoms with Gasteiger partial charge < -0.3 is 26.5 Å². The SMILES string of the molecule is C=CCOC(=O)[N+]1(C(C(=O)OCC)[Si](C)(C)C)C(=O)[C@H](C(C)O[Si](C)(C)C)[C@H]1[S-]. The molecule has 1 saturated heterocycles. The molecule has 0 aromatic heterocycles. The van der Waals surface area contributed by atoms with Crippen molar-refractivity contribution in [3.8, 4) is 0 Å². The fraction of sp³-hybridized carbons (Fsp3) is 0.737. The van der Waals surface area contributed by atoms with Gasteiger partial charge in [-0.25, -0.2) is 9.59 Å². The number of rotatable bonds is 9. The third-order valence-electron chi connectivity index (χ3n) is 4.77. The van der Waals surface area contributed by atoms with Crippen LogP contribution in [0, 0.1) is 5.92 Å². The highest BCUT2D eigenvalue weighted by Crippen LogP contribution is 2.45. The Morgan fingerprint density at radius 2 is 1.76 bits per heavy atom. The van der Waals surface area contributed by atoms with Crippen molar-refractivity contribution in [3.63, 3.8) is 0 Å². The molecule has 10 heteroatoms. The number of esters is 1. The third-order valence-corrected chi connectivity index (χ3v) is 8.76. The summed E-state index contributed by atoms with van der Waals surface area (Å²) in [6.07, 6.45) is 0.158. The number of hydrogen-bond donors (Lipinski definition) is 0. The summed E-state index contributed by atoms with van der Waals surface area (Å²) >= 11 is 5.71. The summed E-state index contributed by atoms with van der Waals surface area (Å²) < 4.78 is 15.8. The van der Waals surface area contributed by atoms with E-state index in [1.807, 2.05) is 39.3 Å². The number of β-lactam (4-membered cyclic amide) rings is 1. The number of carbonyl (C=O) groups is 3. The normalized spacial score (nSPS) is 26.9. The molecular formula is C19H35NO6SSi2.